The number of esters is 1. The zero-order valence-corrected chi connectivity index (χ0v) is 12.9. The summed E-state index contributed by atoms with van der Waals surface area (Å²) in [6.07, 6.45) is 2.94. The Hall–Kier alpha value is -3.49. The van der Waals surface area contributed by atoms with Gasteiger partial charge < -0.3 is 14.2 Å². The third-order valence-electron chi connectivity index (χ3n) is 3.06. The number of carbonyl (C=O) groups excluding carboxylic acids is 1. The molecular weight excluding hydrogens is 314 g/mol. The van der Waals surface area contributed by atoms with Crippen LogP contribution in [-0.4, -0.2) is 45.4 Å². The molecule has 0 radical (unpaired) electrons. The molecule has 0 unspecified atom stereocenters. The molecule has 0 aliphatic carbocycles. The van der Waals surface area contributed by atoms with Crippen LogP contribution in [0.25, 0.3) is 11.7 Å². The number of ether oxygens (including phenoxy) is 3. The van der Waals surface area contributed by atoms with Crippen molar-refractivity contribution >= 4 is 17.7 Å². The summed E-state index contributed by atoms with van der Waals surface area (Å²) < 4.78 is 16.8. The van der Waals surface area contributed by atoms with Crippen molar-refractivity contribution in [1.82, 2.24) is 25.3 Å². The number of nitrogens with zero attached hydrogens (tertiary/aromatic N) is 5. The van der Waals surface area contributed by atoms with Gasteiger partial charge in [-0.15, -0.1) is 14.8 Å². The Morgan fingerprint density at radius 3 is 2.83 bits per heavy atom. The van der Waals surface area contributed by atoms with E-state index >= 15 is 0 Å². The summed E-state index contributed by atoms with van der Waals surface area (Å²) in [5.74, 6) is 0.826. The summed E-state index contributed by atoms with van der Waals surface area (Å²) in [7, 11) is 2.84. The second-order valence-electron chi connectivity index (χ2n) is 4.57. The van der Waals surface area contributed by atoms with Crippen LogP contribution < -0.4 is 9.47 Å². The largest absolute Gasteiger partial charge is 0.493 e. The fraction of sp³-hybridized carbons (Fsp3) is 0.133. The molecule has 0 amide bonds. The molecule has 0 spiro atoms. The van der Waals surface area contributed by atoms with Crippen LogP contribution in [0.15, 0.2) is 36.4 Å². The Morgan fingerprint density at radius 1 is 1.17 bits per heavy atom. The molecule has 0 saturated carbocycles. The van der Waals surface area contributed by atoms with Crippen LogP contribution >= 0.6 is 0 Å². The Balaban J connectivity index is 1.84. The summed E-state index contributed by atoms with van der Waals surface area (Å²) in [5, 5.41) is 15.1. The van der Waals surface area contributed by atoms with E-state index in [0.29, 0.717) is 23.0 Å². The number of hydrogen-bond acceptors (Lipinski definition) is 8. The van der Waals surface area contributed by atoms with E-state index in [9.17, 15) is 4.79 Å². The first-order chi connectivity index (χ1) is 11.7. The van der Waals surface area contributed by atoms with Gasteiger partial charge in [-0.3, -0.25) is 0 Å². The molecule has 9 heteroatoms. The molecule has 2 aromatic heterocycles. The topological polar surface area (TPSA) is 101 Å². The van der Waals surface area contributed by atoms with Gasteiger partial charge in [0.05, 0.1) is 14.2 Å². The van der Waals surface area contributed by atoms with Gasteiger partial charge in [0.25, 0.3) is 0 Å². The van der Waals surface area contributed by atoms with Gasteiger partial charge >= 0.3 is 5.97 Å². The minimum atomic E-state index is -0.437. The van der Waals surface area contributed by atoms with E-state index < -0.39 is 5.97 Å². The van der Waals surface area contributed by atoms with Crippen LogP contribution in [0.5, 0.6) is 17.4 Å². The van der Waals surface area contributed by atoms with Crippen molar-refractivity contribution < 1.29 is 19.0 Å². The number of methoxy groups -OCH3 is 2. The van der Waals surface area contributed by atoms with Gasteiger partial charge in [-0.1, -0.05) is 6.07 Å². The number of aromatic nitrogens is 5. The molecule has 0 aliphatic rings. The van der Waals surface area contributed by atoms with Crippen LogP contribution in [0, 0.1) is 0 Å². The van der Waals surface area contributed by atoms with Crippen molar-refractivity contribution in [3.63, 3.8) is 0 Å². The normalized spacial score (nSPS) is 10.9. The van der Waals surface area contributed by atoms with E-state index in [4.69, 9.17) is 9.47 Å². The molecule has 0 bridgehead atoms. The third-order valence-corrected chi connectivity index (χ3v) is 3.06. The standard InChI is InChI=1S/C15H13N5O4/c1-22-12-9-10(4-8-15(21)23-2)3-5-11(12)24-14-7-6-13-16-18-19-20(13)17-14/h3-9H,1-2H3/b8-4+. The second kappa shape index (κ2) is 6.73. The Bertz CT molecular complexity index is 906. The smallest absolute Gasteiger partial charge is 0.330 e. The molecule has 0 fully saturated rings. The lowest BCUT2D eigenvalue weighted by Crippen LogP contribution is -1.98. The summed E-state index contributed by atoms with van der Waals surface area (Å²) >= 11 is 0. The molecule has 3 aromatic rings. The van der Waals surface area contributed by atoms with Crippen LogP contribution in [0.4, 0.5) is 0 Å². The van der Waals surface area contributed by atoms with E-state index in [1.54, 1.807) is 36.4 Å². The van der Waals surface area contributed by atoms with Gasteiger partial charge in [0.15, 0.2) is 17.1 Å². The zero-order chi connectivity index (χ0) is 16.9. The van der Waals surface area contributed by atoms with Crippen molar-refractivity contribution in [2.45, 2.75) is 0 Å². The lowest BCUT2D eigenvalue weighted by Gasteiger charge is -2.10. The average molecular weight is 327 g/mol. The molecular formula is C15H13N5O4. The van der Waals surface area contributed by atoms with Gasteiger partial charge in [0, 0.05) is 12.1 Å². The molecule has 0 N–H and O–H groups in total. The minimum absolute atomic E-state index is 0.311. The molecule has 0 saturated heterocycles. The quantitative estimate of drug-likeness (QED) is 0.513. The molecule has 1 aromatic carbocycles. The highest BCUT2D eigenvalue weighted by Crippen LogP contribution is 2.31. The van der Waals surface area contributed by atoms with Crippen LogP contribution in [-0.2, 0) is 9.53 Å². The molecule has 0 aliphatic heterocycles. The summed E-state index contributed by atoms with van der Waals surface area (Å²) in [4.78, 5) is 11.1. The fourth-order valence-corrected chi connectivity index (χ4v) is 1.90. The van der Waals surface area contributed by atoms with E-state index in [-0.39, 0.29) is 0 Å². The summed E-state index contributed by atoms with van der Waals surface area (Å²) in [6.45, 7) is 0. The van der Waals surface area contributed by atoms with Gasteiger partial charge in [-0.2, -0.15) is 0 Å². The molecule has 2 heterocycles. The number of rotatable bonds is 5. The zero-order valence-electron chi connectivity index (χ0n) is 12.9. The van der Waals surface area contributed by atoms with Crippen molar-refractivity contribution in [3.8, 4) is 17.4 Å². The number of benzene rings is 1. The molecule has 122 valence electrons. The molecule has 3 rings (SSSR count). The highest BCUT2D eigenvalue weighted by atomic mass is 16.5. The average Bonchev–Trinajstić information content (AvgIpc) is 3.08. The number of tetrazole rings is 1. The van der Waals surface area contributed by atoms with Crippen molar-refractivity contribution in [2.24, 2.45) is 0 Å². The van der Waals surface area contributed by atoms with E-state index in [1.165, 1.54) is 24.9 Å². The lowest BCUT2D eigenvalue weighted by molar-refractivity contribution is -0.134. The first-order valence-electron chi connectivity index (χ1n) is 6.87. The number of fused-ring (bicyclic) bond motifs is 1. The van der Waals surface area contributed by atoms with Crippen LogP contribution in [0.1, 0.15) is 5.56 Å². The van der Waals surface area contributed by atoms with Crippen molar-refractivity contribution in [2.75, 3.05) is 14.2 Å². The number of carbonyl (C=O) groups is 1. The maximum atomic E-state index is 11.1. The Labute approximate surface area is 136 Å². The Morgan fingerprint density at radius 2 is 2.04 bits per heavy atom. The lowest BCUT2D eigenvalue weighted by atomic mass is 10.2. The van der Waals surface area contributed by atoms with Crippen molar-refractivity contribution in [1.29, 1.82) is 0 Å². The monoisotopic (exact) mass is 327 g/mol. The van der Waals surface area contributed by atoms with Gasteiger partial charge in [-0.05, 0) is 40.3 Å². The first kappa shape index (κ1) is 15.4. The van der Waals surface area contributed by atoms with Gasteiger partial charge in [0.2, 0.25) is 5.88 Å². The predicted molar refractivity (Wildman–Crippen MR) is 82.7 cm³/mol. The predicted octanol–water partition coefficient (Wildman–Crippen LogP) is 1.51. The maximum absolute atomic E-state index is 11.1. The third kappa shape index (κ3) is 3.29. The van der Waals surface area contributed by atoms with Crippen LogP contribution in [0.3, 0.4) is 0 Å². The van der Waals surface area contributed by atoms with Gasteiger partial charge in [-0.25, -0.2) is 4.79 Å². The summed E-state index contributed by atoms with van der Waals surface area (Å²) in [6, 6.07) is 8.54. The highest BCUT2D eigenvalue weighted by Gasteiger charge is 2.09. The SMILES string of the molecule is COC(=O)/C=C/c1ccc(Oc2ccc3nnnn3n2)c(OC)c1. The minimum Gasteiger partial charge on any atom is -0.493 e. The highest BCUT2D eigenvalue weighted by molar-refractivity contribution is 5.87. The maximum Gasteiger partial charge on any atom is 0.330 e. The van der Waals surface area contributed by atoms with E-state index in [0.717, 1.165) is 5.56 Å². The van der Waals surface area contributed by atoms with Crippen LogP contribution in [0.2, 0.25) is 0 Å². The summed E-state index contributed by atoms with van der Waals surface area (Å²) in [5.41, 5.74) is 1.27. The fourth-order valence-electron chi connectivity index (χ4n) is 1.90. The number of hydrogen-bond donors (Lipinski definition) is 0. The molecule has 24 heavy (non-hydrogen) atoms. The molecule has 0 atom stereocenters. The van der Waals surface area contributed by atoms with Crippen molar-refractivity contribution in [3.05, 3.63) is 42.0 Å². The van der Waals surface area contributed by atoms with Gasteiger partial charge in [0.1, 0.15) is 0 Å². The van der Waals surface area contributed by atoms with E-state index in [2.05, 4.69) is 25.4 Å². The van der Waals surface area contributed by atoms with E-state index in [1.807, 2.05) is 0 Å². The second-order valence-corrected chi connectivity index (χ2v) is 4.57. The Kier molecular flexibility index (Phi) is 4.32. The first-order valence-corrected chi connectivity index (χ1v) is 6.87. The molecule has 9 nitrogen and oxygen atoms in total.